The minimum atomic E-state index is -0.795. The highest BCUT2D eigenvalue weighted by Crippen LogP contribution is 2.32. The number of rotatable bonds is 9. The van der Waals surface area contributed by atoms with Crippen molar-refractivity contribution < 1.29 is 19.5 Å². The summed E-state index contributed by atoms with van der Waals surface area (Å²) in [4.78, 5) is 36.2. The van der Waals surface area contributed by atoms with E-state index in [2.05, 4.69) is 10.6 Å². The number of carboxylic acids is 1. The zero-order valence-corrected chi connectivity index (χ0v) is 17.4. The Kier molecular flexibility index (Phi) is 7.90. The summed E-state index contributed by atoms with van der Waals surface area (Å²) in [6.45, 7) is 0. The highest BCUT2D eigenvalue weighted by atomic mass is 32.2. The second kappa shape index (κ2) is 10.8. The molecule has 158 valence electrons. The average molecular weight is 427 g/mol. The Morgan fingerprint density at radius 1 is 0.867 bits per heavy atom. The van der Waals surface area contributed by atoms with Gasteiger partial charge in [-0.2, -0.15) is 11.8 Å². The molecule has 3 N–H and O–H groups in total. The number of thioether (sulfide) groups is 1. The van der Waals surface area contributed by atoms with Gasteiger partial charge in [0.25, 0.3) is 11.8 Å². The number of carbonyl (C=O) groups is 3. The number of aliphatic carboxylic acids is 1. The van der Waals surface area contributed by atoms with Crippen LogP contribution in [0.15, 0.2) is 60.7 Å². The first-order valence-electron chi connectivity index (χ1n) is 10.1. The maximum absolute atomic E-state index is 12.8. The average Bonchev–Trinajstić information content (AvgIpc) is 3.13. The topological polar surface area (TPSA) is 95.5 Å². The quantitative estimate of drug-likeness (QED) is 0.535. The van der Waals surface area contributed by atoms with Crippen molar-refractivity contribution in [3.63, 3.8) is 0 Å². The molecule has 0 unspecified atom stereocenters. The summed E-state index contributed by atoms with van der Waals surface area (Å²) in [7, 11) is 0. The molecule has 0 radical (unpaired) electrons. The number of benzene rings is 2. The predicted octanol–water partition coefficient (Wildman–Crippen LogP) is 3.34. The first-order chi connectivity index (χ1) is 14.5. The van der Waals surface area contributed by atoms with Crippen molar-refractivity contribution in [3.8, 4) is 0 Å². The molecule has 7 heteroatoms. The van der Waals surface area contributed by atoms with Crippen molar-refractivity contribution in [1.82, 2.24) is 10.6 Å². The molecule has 2 aromatic rings. The minimum Gasteiger partial charge on any atom is -0.481 e. The summed E-state index contributed by atoms with van der Waals surface area (Å²) < 4.78 is 0. The van der Waals surface area contributed by atoms with Gasteiger partial charge < -0.3 is 15.7 Å². The summed E-state index contributed by atoms with van der Waals surface area (Å²) in [5, 5.41) is 15.1. The molecule has 1 saturated heterocycles. The monoisotopic (exact) mass is 426 g/mol. The van der Waals surface area contributed by atoms with Gasteiger partial charge in [-0.3, -0.25) is 14.4 Å². The molecule has 2 aromatic carbocycles. The maximum Gasteiger partial charge on any atom is 0.303 e. The van der Waals surface area contributed by atoms with Crippen LogP contribution < -0.4 is 10.6 Å². The Morgan fingerprint density at radius 2 is 1.43 bits per heavy atom. The van der Waals surface area contributed by atoms with Gasteiger partial charge in [0.2, 0.25) is 0 Å². The second-order valence-electron chi connectivity index (χ2n) is 7.32. The smallest absolute Gasteiger partial charge is 0.303 e. The molecule has 3 rings (SSSR count). The lowest BCUT2D eigenvalue weighted by Crippen LogP contribution is -2.53. The summed E-state index contributed by atoms with van der Waals surface area (Å²) in [5.41, 5.74) is 1.16. The van der Waals surface area contributed by atoms with Gasteiger partial charge in [0.15, 0.2) is 0 Å². The highest BCUT2D eigenvalue weighted by molar-refractivity contribution is 8.00. The van der Waals surface area contributed by atoms with Crippen LogP contribution in [0.2, 0.25) is 0 Å². The van der Waals surface area contributed by atoms with E-state index in [-0.39, 0.29) is 35.6 Å². The summed E-state index contributed by atoms with van der Waals surface area (Å²) in [5.74, 6) is -0.428. The fourth-order valence-electron chi connectivity index (χ4n) is 3.57. The Balaban J connectivity index is 1.67. The number of unbranched alkanes of at least 4 members (excludes halogenated alkanes) is 1. The fraction of sp³-hybridized carbons (Fsp3) is 0.348. The lowest BCUT2D eigenvalue weighted by atomic mass is 10.00. The Labute approximate surface area is 180 Å². The van der Waals surface area contributed by atoms with Crippen molar-refractivity contribution in [3.05, 3.63) is 71.8 Å². The Bertz CT molecular complexity index is 860. The third-order valence-electron chi connectivity index (χ3n) is 5.14. The maximum atomic E-state index is 12.8. The SMILES string of the molecule is O=C(O)CCCC[C@@H]1SC[C@H](NC(=O)c2ccccc2)[C@H]1NC(=O)c1ccccc1. The molecule has 0 aromatic heterocycles. The molecule has 0 saturated carbocycles. The van der Waals surface area contributed by atoms with Gasteiger partial charge in [-0.25, -0.2) is 0 Å². The normalized spacial score (nSPS) is 20.5. The van der Waals surface area contributed by atoms with E-state index in [0.29, 0.717) is 23.3 Å². The van der Waals surface area contributed by atoms with Gasteiger partial charge in [-0.15, -0.1) is 0 Å². The van der Waals surface area contributed by atoms with Crippen LogP contribution in [-0.2, 0) is 4.79 Å². The minimum absolute atomic E-state index is 0.118. The molecule has 1 fully saturated rings. The number of hydrogen-bond donors (Lipinski definition) is 3. The van der Waals surface area contributed by atoms with E-state index in [1.165, 1.54) is 0 Å². The van der Waals surface area contributed by atoms with Crippen LogP contribution in [0.5, 0.6) is 0 Å². The third kappa shape index (κ3) is 6.10. The van der Waals surface area contributed by atoms with E-state index >= 15 is 0 Å². The van der Waals surface area contributed by atoms with E-state index < -0.39 is 5.97 Å². The van der Waals surface area contributed by atoms with Crippen molar-refractivity contribution >= 4 is 29.5 Å². The van der Waals surface area contributed by atoms with Crippen LogP contribution >= 0.6 is 11.8 Å². The molecule has 2 amide bonds. The first kappa shape index (κ1) is 21.9. The van der Waals surface area contributed by atoms with Gasteiger partial charge in [0, 0.05) is 28.6 Å². The van der Waals surface area contributed by atoms with E-state index in [4.69, 9.17) is 5.11 Å². The van der Waals surface area contributed by atoms with Crippen LogP contribution in [0.25, 0.3) is 0 Å². The van der Waals surface area contributed by atoms with E-state index in [0.717, 1.165) is 12.8 Å². The number of carbonyl (C=O) groups excluding carboxylic acids is 2. The fourth-order valence-corrected chi connectivity index (χ4v) is 5.11. The van der Waals surface area contributed by atoms with Crippen LogP contribution in [0.3, 0.4) is 0 Å². The van der Waals surface area contributed by atoms with Crippen LogP contribution in [0.1, 0.15) is 46.4 Å². The van der Waals surface area contributed by atoms with E-state index in [1.54, 1.807) is 36.0 Å². The Morgan fingerprint density at radius 3 is 2.00 bits per heavy atom. The van der Waals surface area contributed by atoms with Gasteiger partial charge in [-0.05, 0) is 37.1 Å². The lowest BCUT2D eigenvalue weighted by Gasteiger charge is -2.26. The van der Waals surface area contributed by atoms with Gasteiger partial charge >= 0.3 is 5.97 Å². The summed E-state index contributed by atoms with van der Waals surface area (Å²) >= 11 is 1.71. The molecule has 6 nitrogen and oxygen atoms in total. The van der Waals surface area contributed by atoms with Crippen molar-refractivity contribution in [2.24, 2.45) is 0 Å². The summed E-state index contributed by atoms with van der Waals surface area (Å²) in [6.07, 6.45) is 2.30. The van der Waals surface area contributed by atoms with Crippen molar-refractivity contribution in [2.45, 2.75) is 43.0 Å². The van der Waals surface area contributed by atoms with Gasteiger partial charge in [0.05, 0.1) is 12.1 Å². The largest absolute Gasteiger partial charge is 0.481 e. The lowest BCUT2D eigenvalue weighted by molar-refractivity contribution is -0.137. The van der Waals surface area contributed by atoms with Crippen LogP contribution in [0, 0.1) is 0 Å². The number of carboxylic acid groups (broad SMARTS) is 1. The Hall–Kier alpha value is -2.80. The third-order valence-corrected chi connectivity index (χ3v) is 6.65. The molecule has 1 aliphatic rings. The molecule has 30 heavy (non-hydrogen) atoms. The first-order valence-corrected chi connectivity index (χ1v) is 11.1. The predicted molar refractivity (Wildman–Crippen MR) is 118 cm³/mol. The number of nitrogens with one attached hydrogen (secondary N) is 2. The van der Waals surface area contributed by atoms with Crippen LogP contribution in [-0.4, -0.2) is 46.0 Å². The molecular weight excluding hydrogens is 400 g/mol. The van der Waals surface area contributed by atoms with Crippen LogP contribution in [0.4, 0.5) is 0 Å². The summed E-state index contributed by atoms with van der Waals surface area (Å²) in [6, 6.07) is 17.6. The molecule has 1 aliphatic heterocycles. The van der Waals surface area contributed by atoms with E-state index in [1.807, 2.05) is 36.4 Å². The number of hydrogen-bond acceptors (Lipinski definition) is 4. The molecule has 3 atom stereocenters. The number of amides is 2. The molecular formula is C23H26N2O4S. The highest BCUT2D eigenvalue weighted by Gasteiger charge is 2.38. The van der Waals surface area contributed by atoms with Gasteiger partial charge in [0.1, 0.15) is 0 Å². The molecule has 1 heterocycles. The standard InChI is InChI=1S/C23H26N2O4S/c26-20(27)14-8-7-13-19-21(25-23(29)17-11-5-2-6-12-17)18(15-30-19)24-22(28)16-9-3-1-4-10-16/h1-6,9-12,18-19,21H,7-8,13-15H2,(H,24,28)(H,25,29)(H,26,27)/t18-,19-,21+/m0/s1. The molecule has 0 spiro atoms. The van der Waals surface area contributed by atoms with Crippen molar-refractivity contribution in [1.29, 1.82) is 0 Å². The van der Waals surface area contributed by atoms with Crippen molar-refractivity contribution in [2.75, 3.05) is 5.75 Å². The second-order valence-corrected chi connectivity index (χ2v) is 8.59. The zero-order valence-electron chi connectivity index (χ0n) is 16.6. The van der Waals surface area contributed by atoms with Gasteiger partial charge in [-0.1, -0.05) is 42.8 Å². The van der Waals surface area contributed by atoms with E-state index in [9.17, 15) is 14.4 Å². The zero-order chi connectivity index (χ0) is 21.3. The molecule has 0 bridgehead atoms. The molecule has 0 aliphatic carbocycles.